The number of thioether (sulfide) groups is 1. The molecule has 1 saturated carbocycles. The average molecular weight is 305 g/mol. The fourth-order valence-corrected chi connectivity index (χ4v) is 3.53. The van der Waals surface area contributed by atoms with Crippen LogP contribution in [0.5, 0.6) is 0 Å². The molecule has 0 unspecified atom stereocenters. The van der Waals surface area contributed by atoms with Crippen LogP contribution >= 0.6 is 11.8 Å². The molecule has 0 spiro atoms. The minimum Gasteiger partial charge on any atom is -0.377 e. The Morgan fingerprint density at radius 2 is 2.19 bits per heavy atom. The third-order valence-electron chi connectivity index (χ3n) is 4.22. The Labute approximate surface area is 131 Å². The van der Waals surface area contributed by atoms with Gasteiger partial charge in [0.15, 0.2) is 5.16 Å². The summed E-state index contributed by atoms with van der Waals surface area (Å²) in [7, 11) is 0. The highest BCUT2D eigenvalue weighted by molar-refractivity contribution is 7.98. The first-order valence-electron chi connectivity index (χ1n) is 7.76. The number of hydrogen-bond acceptors (Lipinski definition) is 5. The van der Waals surface area contributed by atoms with Crippen LogP contribution in [0.4, 0.5) is 5.82 Å². The standard InChI is InChI=1S/C16H23N3OS/c1-3-20-11-12-8-13-9-17-16(21-2)18-15(13)19(10-12)14-6-4-5-7-14/h8-9,14H,3-7,10-11H2,1-2H3. The monoisotopic (exact) mass is 305 g/mol. The Kier molecular flexibility index (Phi) is 4.80. The van der Waals surface area contributed by atoms with Crippen molar-refractivity contribution in [3.8, 4) is 0 Å². The van der Waals surface area contributed by atoms with Crippen LogP contribution in [0.3, 0.4) is 0 Å². The molecule has 21 heavy (non-hydrogen) atoms. The van der Waals surface area contributed by atoms with Crippen molar-refractivity contribution >= 4 is 23.7 Å². The summed E-state index contributed by atoms with van der Waals surface area (Å²) >= 11 is 1.61. The zero-order valence-corrected chi connectivity index (χ0v) is 13.7. The van der Waals surface area contributed by atoms with Gasteiger partial charge in [-0.1, -0.05) is 24.6 Å². The number of aromatic nitrogens is 2. The molecular weight excluding hydrogens is 282 g/mol. The van der Waals surface area contributed by atoms with E-state index in [1.54, 1.807) is 11.8 Å². The average Bonchev–Trinajstić information content (AvgIpc) is 3.05. The van der Waals surface area contributed by atoms with Gasteiger partial charge < -0.3 is 9.64 Å². The van der Waals surface area contributed by atoms with E-state index < -0.39 is 0 Å². The number of fused-ring (bicyclic) bond motifs is 1. The normalized spacial score (nSPS) is 18.8. The van der Waals surface area contributed by atoms with Crippen molar-refractivity contribution in [2.24, 2.45) is 0 Å². The van der Waals surface area contributed by atoms with Crippen molar-refractivity contribution < 1.29 is 4.74 Å². The molecule has 0 atom stereocenters. The molecule has 1 aliphatic heterocycles. The smallest absolute Gasteiger partial charge is 0.189 e. The second kappa shape index (κ2) is 6.79. The number of hydrogen-bond donors (Lipinski definition) is 0. The highest BCUT2D eigenvalue weighted by Gasteiger charge is 2.28. The molecule has 2 aliphatic rings. The van der Waals surface area contributed by atoms with E-state index in [9.17, 15) is 0 Å². The number of ether oxygens (including phenoxy) is 1. The fraction of sp³-hybridized carbons (Fsp3) is 0.625. The highest BCUT2D eigenvalue weighted by atomic mass is 32.2. The first-order chi connectivity index (χ1) is 10.3. The molecule has 1 fully saturated rings. The van der Waals surface area contributed by atoms with Crippen LogP contribution in [0.15, 0.2) is 16.9 Å². The van der Waals surface area contributed by atoms with Crippen molar-refractivity contribution in [2.45, 2.75) is 43.8 Å². The Hall–Kier alpha value is -1.07. The quantitative estimate of drug-likeness (QED) is 0.616. The molecule has 5 heteroatoms. The lowest BCUT2D eigenvalue weighted by Gasteiger charge is -2.35. The zero-order valence-electron chi connectivity index (χ0n) is 12.8. The van der Waals surface area contributed by atoms with Crippen LogP contribution in [-0.2, 0) is 4.74 Å². The van der Waals surface area contributed by atoms with E-state index in [1.165, 1.54) is 31.3 Å². The van der Waals surface area contributed by atoms with E-state index in [0.717, 1.165) is 29.7 Å². The maximum atomic E-state index is 5.60. The Morgan fingerprint density at radius 3 is 2.90 bits per heavy atom. The highest BCUT2D eigenvalue weighted by Crippen LogP contribution is 2.34. The van der Waals surface area contributed by atoms with Crippen LogP contribution in [0.2, 0.25) is 0 Å². The Balaban J connectivity index is 1.92. The predicted octanol–water partition coefficient (Wildman–Crippen LogP) is 3.38. The first kappa shape index (κ1) is 14.9. The summed E-state index contributed by atoms with van der Waals surface area (Å²) in [6.07, 6.45) is 11.4. The van der Waals surface area contributed by atoms with Gasteiger partial charge in [-0.3, -0.25) is 0 Å². The second-order valence-electron chi connectivity index (χ2n) is 5.64. The van der Waals surface area contributed by atoms with Crippen molar-refractivity contribution in [3.63, 3.8) is 0 Å². The Morgan fingerprint density at radius 1 is 1.38 bits per heavy atom. The van der Waals surface area contributed by atoms with Crippen LogP contribution in [0, 0.1) is 0 Å². The summed E-state index contributed by atoms with van der Waals surface area (Å²) in [5.74, 6) is 1.11. The topological polar surface area (TPSA) is 38.3 Å². The largest absolute Gasteiger partial charge is 0.377 e. The van der Waals surface area contributed by atoms with Crippen molar-refractivity contribution in [2.75, 3.05) is 30.9 Å². The molecule has 2 heterocycles. The fourth-order valence-electron chi connectivity index (χ4n) is 3.19. The zero-order chi connectivity index (χ0) is 14.7. The van der Waals surface area contributed by atoms with Gasteiger partial charge in [-0.05, 0) is 37.7 Å². The van der Waals surface area contributed by atoms with Gasteiger partial charge in [0.2, 0.25) is 0 Å². The van der Waals surface area contributed by atoms with Gasteiger partial charge in [-0.2, -0.15) is 0 Å². The summed E-state index contributed by atoms with van der Waals surface area (Å²) in [5, 5.41) is 0.860. The third kappa shape index (κ3) is 3.24. The van der Waals surface area contributed by atoms with Gasteiger partial charge >= 0.3 is 0 Å². The van der Waals surface area contributed by atoms with Crippen LogP contribution in [0.25, 0.3) is 6.08 Å². The summed E-state index contributed by atoms with van der Waals surface area (Å²) in [6, 6.07) is 0.624. The van der Waals surface area contributed by atoms with Gasteiger partial charge in [0, 0.05) is 31.0 Å². The molecule has 1 aliphatic carbocycles. The van der Waals surface area contributed by atoms with E-state index in [4.69, 9.17) is 9.72 Å². The SMILES string of the molecule is CCOCC1=Cc2cnc(SC)nc2N(C2CCCC2)C1. The van der Waals surface area contributed by atoms with E-state index >= 15 is 0 Å². The van der Waals surface area contributed by atoms with E-state index in [1.807, 2.05) is 19.4 Å². The summed E-state index contributed by atoms with van der Waals surface area (Å²) < 4.78 is 5.60. The van der Waals surface area contributed by atoms with Crippen molar-refractivity contribution in [3.05, 3.63) is 17.3 Å². The number of nitrogens with zero attached hydrogens (tertiary/aromatic N) is 3. The molecule has 0 amide bonds. The molecule has 0 aromatic carbocycles. The number of anilines is 1. The van der Waals surface area contributed by atoms with Gasteiger partial charge in [0.25, 0.3) is 0 Å². The van der Waals surface area contributed by atoms with E-state index in [2.05, 4.69) is 16.0 Å². The summed E-state index contributed by atoms with van der Waals surface area (Å²) in [5.41, 5.74) is 2.47. The molecule has 1 aromatic heterocycles. The van der Waals surface area contributed by atoms with Gasteiger partial charge in [-0.25, -0.2) is 9.97 Å². The van der Waals surface area contributed by atoms with Crippen molar-refractivity contribution in [1.82, 2.24) is 9.97 Å². The maximum Gasteiger partial charge on any atom is 0.189 e. The first-order valence-corrected chi connectivity index (χ1v) is 8.99. The lowest BCUT2D eigenvalue weighted by atomic mass is 10.0. The summed E-state index contributed by atoms with van der Waals surface area (Å²) in [4.78, 5) is 11.7. The van der Waals surface area contributed by atoms with Gasteiger partial charge in [0.1, 0.15) is 5.82 Å². The van der Waals surface area contributed by atoms with Gasteiger partial charge in [0.05, 0.1) is 6.61 Å². The summed E-state index contributed by atoms with van der Waals surface area (Å²) in [6.45, 7) is 4.46. The van der Waals surface area contributed by atoms with E-state index in [0.29, 0.717) is 12.6 Å². The van der Waals surface area contributed by atoms with Gasteiger partial charge in [-0.15, -0.1) is 0 Å². The van der Waals surface area contributed by atoms with E-state index in [-0.39, 0.29) is 0 Å². The predicted molar refractivity (Wildman–Crippen MR) is 87.9 cm³/mol. The molecule has 0 bridgehead atoms. The lowest BCUT2D eigenvalue weighted by Crippen LogP contribution is -2.38. The number of rotatable bonds is 5. The minimum absolute atomic E-state index is 0.624. The molecule has 0 radical (unpaired) electrons. The van der Waals surface area contributed by atoms with Crippen LogP contribution in [0.1, 0.15) is 38.2 Å². The second-order valence-corrected chi connectivity index (χ2v) is 6.41. The maximum absolute atomic E-state index is 5.60. The van der Waals surface area contributed by atoms with Crippen LogP contribution in [-0.4, -0.2) is 42.0 Å². The molecule has 4 nitrogen and oxygen atoms in total. The van der Waals surface area contributed by atoms with Crippen molar-refractivity contribution in [1.29, 1.82) is 0 Å². The molecule has 0 saturated heterocycles. The molecule has 3 rings (SSSR count). The third-order valence-corrected chi connectivity index (χ3v) is 4.78. The molecule has 1 aromatic rings. The van der Waals surface area contributed by atoms with Crippen LogP contribution < -0.4 is 4.90 Å². The minimum atomic E-state index is 0.624. The molecular formula is C16H23N3OS. The Bertz CT molecular complexity index is 526. The lowest BCUT2D eigenvalue weighted by molar-refractivity contribution is 0.170. The molecule has 114 valence electrons. The molecule has 0 N–H and O–H groups in total.